The Morgan fingerprint density at radius 1 is 1.15 bits per heavy atom. The Bertz CT molecular complexity index is 1020. The topological polar surface area (TPSA) is 67.6 Å². The van der Waals surface area contributed by atoms with Gasteiger partial charge in [0.1, 0.15) is 0 Å². The van der Waals surface area contributed by atoms with Crippen molar-refractivity contribution in [3.8, 4) is 11.3 Å². The lowest BCUT2D eigenvalue weighted by Crippen LogP contribution is -2.46. The number of nitrogens with zero attached hydrogens (tertiary/aromatic N) is 4. The summed E-state index contributed by atoms with van der Waals surface area (Å²) in [5.41, 5.74) is 1.70. The summed E-state index contributed by atoms with van der Waals surface area (Å²) in [5.74, 6) is 0.0951. The van der Waals surface area contributed by atoms with Crippen LogP contribution in [0.3, 0.4) is 0 Å². The summed E-state index contributed by atoms with van der Waals surface area (Å²) in [6.07, 6.45) is 3.68. The van der Waals surface area contributed by atoms with Gasteiger partial charge < -0.3 is 0 Å². The summed E-state index contributed by atoms with van der Waals surface area (Å²) in [6.45, 7) is 12.6. The summed E-state index contributed by atoms with van der Waals surface area (Å²) >= 11 is 0. The van der Waals surface area contributed by atoms with Gasteiger partial charge in [0.25, 0.3) is 11.5 Å². The summed E-state index contributed by atoms with van der Waals surface area (Å²) in [6, 6.07) is 5.32. The minimum absolute atomic E-state index is 0.105. The van der Waals surface area contributed by atoms with Crippen molar-refractivity contribution < 1.29 is 4.79 Å². The van der Waals surface area contributed by atoms with Crippen molar-refractivity contribution in [3.05, 3.63) is 51.0 Å². The van der Waals surface area contributed by atoms with Gasteiger partial charge in [0.15, 0.2) is 5.49 Å². The van der Waals surface area contributed by atoms with E-state index in [0.29, 0.717) is 40.0 Å². The molecule has 1 unspecified atom stereocenters. The normalized spacial score (nSPS) is 14.4. The van der Waals surface area contributed by atoms with Crippen LogP contribution in [0.15, 0.2) is 34.3 Å². The predicted octanol–water partition coefficient (Wildman–Crippen LogP) is 2.16. The molecule has 142 valence electrons. The molecule has 2 aromatic rings. The zero-order valence-corrected chi connectivity index (χ0v) is 16.4. The van der Waals surface area contributed by atoms with E-state index < -0.39 is 0 Å². The first kappa shape index (κ1) is 19.0. The highest BCUT2D eigenvalue weighted by Crippen LogP contribution is 2.20. The third-order valence-corrected chi connectivity index (χ3v) is 4.84. The molecule has 0 N–H and O–H groups in total. The predicted molar refractivity (Wildman–Crippen MR) is 106 cm³/mol. The molecule has 0 aromatic carbocycles. The van der Waals surface area contributed by atoms with Crippen LogP contribution in [0.5, 0.6) is 0 Å². The maximum absolute atomic E-state index is 13.1. The highest BCUT2D eigenvalue weighted by molar-refractivity contribution is 6.01. The highest BCUT2D eigenvalue weighted by Gasteiger charge is 2.32. The zero-order chi connectivity index (χ0) is 19.7. The van der Waals surface area contributed by atoms with Crippen LogP contribution in [0.4, 0.5) is 0 Å². The second-order valence-corrected chi connectivity index (χ2v) is 7.42. The molecular weight excluding hydrogens is 340 g/mol. The van der Waals surface area contributed by atoms with Gasteiger partial charge in [-0.05, 0) is 38.3 Å². The Hall–Kier alpha value is -2.76. The second kappa shape index (κ2) is 7.47. The molecule has 3 rings (SSSR count). The molecule has 0 aliphatic carbocycles. The Kier molecular flexibility index (Phi) is 5.26. The van der Waals surface area contributed by atoms with E-state index in [4.69, 9.17) is 0 Å². The first-order valence-electron chi connectivity index (χ1n) is 9.46. The second-order valence-electron chi connectivity index (χ2n) is 7.42. The minimum atomic E-state index is -0.209. The van der Waals surface area contributed by atoms with E-state index in [1.165, 1.54) is 5.01 Å². The van der Waals surface area contributed by atoms with Gasteiger partial charge in [0.05, 0.1) is 17.3 Å². The molecule has 0 radical (unpaired) electrons. The van der Waals surface area contributed by atoms with Gasteiger partial charge in [-0.1, -0.05) is 32.9 Å². The lowest BCUT2D eigenvalue weighted by Gasteiger charge is -2.16. The molecule has 6 heteroatoms. The van der Waals surface area contributed by atoms with E-state index >= 15 is 0 Å². The molecule has 0 saturated heterocycles. The van der Waals surface area contributed by atoms with Gasteiger partial charge in [0, 0.05) is 23.5 Å². The summed E-state index contributed by atoms with van der Waals surface area (Å²) in [4.78, 5) is 30.6. The molecular formula is C21H26N4O2. The van der Waals surface area contributed by atoms with E-state index in [-0.39, 0.29) is 17.5 Å². The monoisotopic (exact) mass is 366 g/mol. The van der Waals surface area contributed by atoms with Crippen LogP contribution < -0.4 is 16.3 Å². The van der Waals surface area contributed by atoms with Gasteiger partial charge >= 0.3 is 0 Å². The van der Waals surface area contributed by atoms with Crippen molar-refractivity contribution in [1.82, 2.24) is 14.6 Å². The summed E-state index contributed by atoms with van der Waals surface area (Å²) in [7, 11) is 0. The zero-order valence-electron chi connectivity index (χ0n) is 16.4. The molecule has 0 spiro atoms. The number of amides is 1. The maximum atomic E-state index is 13.1. The molecule has 0 fully saturated rings. The molecule has 27 heavy (non-hydrogen) atoms. The molecule has 3 heterocycles. The fraction of sp³-hybridized carbons (Fsp3) is 0.429. The number of fused-ring (bicyclic) bond motifs is 1. The minimum Gasteiger partial charge on any atom is -0.290 e. The Morgan fingerprint density at radius 2 is 1.89 bits per heavy atom. The van der Waals surface area contributed by atoms with E-state index in [0.717, 1.165) is 12.8 Å². The Balaban J connectivity index is 2.32. The SMILES string of the molecule is C=c1c(-c2ccccn2)c2c(n(CC(C)CCC)c1=O)=NN(C(C)C)C2=O. The van der Waals surface area contributed by atoms with E-state index in [1.54, 1.807) is 22.9 Å². The number of aromatic nitrogens is 2. The fourth-order valence-corrected chi connectivity index (χ4v) is 3.54. The summed E-state index contributed by atoms with van der Waals surface area (Å²) < 4.78 is 1.62. The van der Waals surface area contributed by atoms with Crippen LogP contribution in [0.1, 0.15) is 50.9 Å². The van der Waals surface area contributed by atoms with Crippen LogP contribution in [-0.2, 0) is 6.54 Å². The first-order chi connectivity index (χ1) is 12.9. The van der Waals surface area contributed by atoms with E-state index in [2.05, 4.69) is 30.5 Å². The molecule has 0 bridgehead atoms. The average molecular weight is 366 g/mol. The fourth-order valence-electron chi connectivity index (χ4n) is 3.54. The largest absolute Gasteiger partial charge is 0.290 e. The molecule has 1 atom stereocenters. The maximum Gasteiger partial charge on any atom is 0.278 e. The highest BCUT2D eigenvalue weighted by atomic mass is 16.2. The lowest BCUT2D eigenvalue weighted by molar-refractivity contribution is 0.0732. The van der Waals surface area contributed by atoms with Crippen molar-refractivity contribution in [2.24, 2.45) is 11.0 Å². The molecule has 1 aliphatic rings. The molecule has 0 saturated carbocycles. The number of pyridine rings is 2. The van der Waals surface area contributed by atoms with Crippen molar-refractivity contribution in [3.63, 3.8) is 0 Å². The van der Waals surface area contributed by atoms with Crippen LogP contribution >= 0.6 is 0 Å². The van der Waals surface area contributed by atoms with Crippen molar-refractivity contribution in [2.75, 3.05) is 0 Å². The van der Waals surface area contributed by atoms with Gasteiger partial charge in [-0.2, -0.15) is 5.10 Å². The van der Waals surface area contributed by atoms with Crippen molar-refractivity contribution in [1.29, 1.82) is 0 Å². The van der Waals surface area contributed by atoms with Crippen LogP contribution in [-0.4, -0.2) is 26.5 Å². The number of rotatable bonds is 6. The summed E-state index contributed by atoms with van der Waals surface area (Å²) in [5, 5.41) is 6.26. The quantitative estimate of drug-likeness (QED) is 0.787. The molecule has 6 nitrogen and oxygen atoms in total. The smallest absolute Gasteiger partial charge is 0.278 e. The molecule has 1 aliphatic heterocycles. The number of carbonyl (C=O) groups is 1. The Morgan fingerprint density at radius 3 is 2.48 bits per heavy atom. The van der Waals surface area contributed by atoms with E-state index in [1.807, 2.05) is 19.9 Å². The number of hydrogen-bond donors (Lipinski definition) is 0. The third-order valence-electron chi connectivity index (χ3n) is 4.84. The van der Waals surface area contributed by atoms with E-state index in [9.17, 15) is 9.59 Å². The number of carbonyl (C=O) groups excluding carboxylic acids is 1. The van der Waals surface area contributed by atoms with Gasteiger partial charge in [-0.15, -0.1) is 0 Å². The average Bonchev–Trinajstić information content (AvgIpc) is 2.98. The number of hydrogen-bond acceptors (Lipinski definition) is 4. The van der Waals surface area contributed by atoms with Gasteiger partial charge in [-0.3, -0.25) is 19.1 Å². The van der Waals surface area contributed by atoms with Crippen LogP contribution in [0, 0.1) is 5.92 Å². The molecule has 1 amide bonds. The lowest BCUT2D eigenvalue weighted by atomic mass is 10.0. The van der Waals surface area contributed by atoms with Crippen LogP contribution in [0.25, 0.3) is 17.8 Å². The van der Waals surface area contributed by atoms with Gasteiger partial charge in [-0.25, -0.2) is 5.01 Å². The Labute approximate surface area is 158 Å². The van der Waals surface area contributed by atoms with Crippen molar-refractivity contribution in [2.45, 2.75) is 53.1 Å². The van der Waals surface area contributed by atoms with Crippen molar-refractivity contribution >= 4 is 12.5 Å². The molecule has 2 aromatic heterocycles. The standard InChI is InChI=1S/C21H26N4O2/c1-6-9-14(4)12-24-19-18(21(27)25(23-19)13(2)3)17(15(5)20(24)26)16-10-7-8-11-22-16/h7-8,10-11,13-14H,5-6,9,12H2,1-4H3. The third kappa shape index (κ3) is 3.31. The first-order valence-corrected chi connectivity index (χ1v) is 9.46. The van der Waals surface area contributed by atoms with Crippen LogP contribution in [0.2, 0.25) is 0 Å². The van der Waals surface area contributed by atoms with Gasteiger partial charge in [0.2, 0.25) is 0 Å².